The van der Waals surface area contributed by atoms with E-state index in [4.69, 9.17) is 12.2 Å². The summed E-state index contributed by atoms with van der Waals surface area (Å²) >= 11 is 5.34. The minimum atomic E-state index is -4.83. The van der Waals surface area contributed by atoms with Gasteiger partial charge in [-0.15, -0.1) is 0 Å². The molecule has 0 bridgehead atoms. The Labute approximate surface area is 229 Å². The van der Waals surface area contributed by atoms with Crippen molar-refractivity contribution in [1.82, 2.24) is 13.9 Å². The topological polar surface area (TPSA) is 78.7 Å². The van der Waals surface area contributed by atoms with E-state index in [1.807, 2.05) is 39.9 Å². The van der Waals surface area contributed by atoms with E-state index in [-0.39, 0.29) is 29.6 Å². The fourth-order valence-electron chi connectivity index (χ4n) is 4.97. The van der Waals surface area contributed by atoms with Crippen molar-refractivity contribution in [1.29, 1.82) is 0 Å². The third-order valence-electron chi connectivity index (χ3n) is 7.27. The first-order valence-electron chi connectivity index (χ1n) is 12.4. The number of hydrogen-bond acceptors (Lipinski definition) is 6. The van der Waals surface area contributed by atoms with Crippen LogP contribution in [0.5, 0.6) is 0 Å². The van der Waals surface area contributed by atoms with Gasteiger partial charge in [0, 0.05) is 60.9 Å². The Morgan fingerprint density at radius 1 is 1.13 bits per heavy atom. The van der Waals surface area contributed by atoms with Gasteiger partial charge in [-0.1, -0.05) is 36.5 Å². The van der Waals surface area contributed by atoms with E-state index in [1.54, 1.807) is 12.3 Å². The first-order chi connectivity index (χ1) is 18.4. The number of hydrogen-bond donors (Lipinski definition) is 1. The van der Waals surface area contributed by atoms with Crippen LogP contribution in [0.1, 0.15) is 18.9 Å². The van der Waals surface area contributed by atoms with Crippen LogP contribution in [0.3, 0.4) is 0 Å². The van der Waals surface area contributed by atoms with Gasteiger partial charge < -0.3 is 14.6 Å². The predicted octanol–water partition coefficient (Wildman–Crippen LogP) is 4.54. The average Bonchev–Trinajstić information content (AvgIpc) is 3.31. The van der Waals surface area contributed by atoms with Crippen LogP contribution in [0.2, 0.25) is 0 Å². The standard InChI is InChI=1S/C27H27F3N4O3S2/c1-26(35,27(28,29)30)20-8-10-21(11-9-20)34-16-15-33(39(36,37)24-7-3-2-6-23(24)38)18-22(34)17-32-14-12-19-5-4-13-31-25(19)32/h2-5,7-14,22,35H,6,15-18H2,1H3/t22-,26-/m0/s1. The molecule has 2 aliphatic rings. The van der Waals surface area contributed by atoms with Crippen LogP contribution in [-0.4, -0.2) is 64.1 Å². The number of fused-ring (bicyclic) bond motifs is 1. The molecule has 206 valence electrons. The van der Waals surface area contributed by atoms with E-state index >= 15 is 0 Å². The highest BCUT2D eigenvalue weighted by molar-refractivity contribution is 7.96. The third kappa shape index (κ3) is 5.13. The third-order valence-corrected chi connectivity index (χ3v) is 9.73. The van der Waals surface area contributed by atoms with Gasteiger partial charge in [0.1, 0.15) is 5.65 Å². The number of anilines is 1. The summed E-state index contributed by atoms with van der Waals surface area (Å²) in [5.74, 6) is 0. The summed E-state index contributed by atoms with van der Waals surface area (Å²) in [5.41, 5.74) is -1.90. The Bertz CT molecular complexity index is 1560. The van der Waals surface area contributed by atoms with Gasteiger partial charge in [-0.05, 0) is 48.9 Å². The molecule has 12 heteroatoms. The Hall–Kier alpha value is -3.06. The van der Waals surface area contributed by atoms with Crippen molar-refractivity contribution < 1.29 is 26.7 Å². The summed E-state index contributed by atoms with van der Waals surface area (Å²) in [6.45, 7) is 1.73. The molecule has 1 aromatic carbocycles. The van der Waals surface area contributed by atoms with Crippen LogP contribution in [0.25, 0.3) is 11.0 Å². The summed E-state index contributed by atoms with van der Waals surface area (Å²) in [7, 11) is -3.84. The molecule has 7 nitrogen and oxygen atoms in total. The van der Waals surface area contributed by atoms with Crippen LogP contribution in [0.4, 0.5) is 18.9 Å². The molecule has 1 fully saturated rings. The zero-order valence-corrected chi connectivity index (χ0v) is 22.7. The van der Waals surface area contributed by atoms with Crippen LogP contribution < -0.4 is 4.90 Å². The van der Waals surface area contributed by atoms with Gasteiger partial charge in [0.2, 0.25) is 10.0 Å². The lowest BCUT2D eigenvalue weighted by atomic mass is 9.95. The number of rotatable bonds is 6. The molecule has 0 unspecified atom stereocenters. The molecule has 3 aromatic rings. The van der Waals surface area contributed by atoms with Crippen LogP contribution in [-0.2, 0) is 22.2 Å². The number of halogens is 3. The van der Waals surface area contributed by atoms with Crippen molar-refractivity contribution in [2.45, 2.75) is 37.7 Å². The first-order valence-corrected chi connectivity index (χ1v) is 14.2. The second kappa shape index (κ2) is 10.2. The fourth-order valence-corrected chi connectivity index (χ4v) is 7.04. The Balaban J connectivity index is 1.48. The van der Waals surface area contributed by atoms with Gasteiger partial charge in [0.15, 0.2) is 5.60 Å². The van der Waals surface area contributed by atoms with E-state index < -0.39 is 21.8 Å². The normalized spacial score (nSPS) is 20.7. The number of sulfonamides is 1. The minimum absolute atomic E-state index is 0.124. The summed E-state index contributed by atoms with van der Waals surface area (Å²) in [4.78, 5) is 6.94. The Morgan fingerprint density at radius 3 is 2.56 bits per heavy atom. The van der Waals surface area contributed by atoms with Crippen LogP contribution in [0, 0.1) is 0 Å². The molecular weight excluding hydrogens is 549 g/mol. The monoisotopic (exact) mass is 576 g/mol. The molecule has 1 N–H and O–H groups in total. The van der Waals surface area contributed by atoms with E-state index in [0.29, 0.717) is 30.1 Å². The van der Waals surface area contributed by atoms with Crippen molar-refractivity contribution in [3.63, 3.8) is 0 Å². The second-order valence-electron chi connectivity index (χ2n) is 9.80. The lowest BCUT2D eigenvalue weighted by Crippen LogP contribution is -2.56. The lowest BCUT2D eigenvalue weighted by Gasteiger charge is -2.43. The Kier molecular flexibility index (Phi) is 7.17. The van der Waals surface area contributed by atoms with E-state index in [9.17, 15) is 26.7 Å². The largest absolute Gasteiger partial charge is 0.421 e. The molecule has 1 aliphatic heterocycles. The second-order valence-corrected chi connectivity index (χ2v) is 12.2. The zero-order valence-electron chi connectivity index (χ0n) is 21.0. The molecular formula is C27H27F3N4O3S2. The molecule has 3 heterocycles. The number of allylic oxidation sites excluding steroid dienone is 4. The maximum absolute atomic E-state index is 13.6. The number of thiocarbonyl (C=S) groups is 1. The number of piperazine rings is 1. The molecule has 0 radical (unpaired) electrons. The highest BCUT2D eigenvalue weighted by Gasteiger charge is 2.51. The maximum atomic E-state index is 13.6. The van der Waals surface area contributed by atoms with Gasteiger partial charge in [-0.3, -0.25) is 0 Å². The van der Waals surface area contributed by atoms with Crippen molar-refractivity contribution >= 4 is 43.8 Å². The molecule has 0 amide bonds. The van der Waals surface area contributed by atoms with Gasteiger partial charge in [-0.25, -0.2) is 13.4 Å². The summed E-state index contributed by atoms with van der Waals surface area (Å²) < 4.78 is 70.6. The number of pyridine rings is 1. The smallest absolute Gasteiger partial charge is 0.376 e. The van der Waals surface area contributed by atoms with Gasteiger partial charge in [0.05, 0.1) is 10.9 Å². The molecule has 1 saturated heterocycles. The van der Waals surface area contributed by atoms with Crippen molar-refractivity contribution in [3.8, 4) is 0 Å². The highest BCUT2D eigenvalue weighted by Crippen LogP contribution is 2.39. The molecule has 2 aromatic heterocycles. The average molecular weight is 577 g/mol. The number of nitrogens with zero attached hydrogens (tertiary/aromatic N) is 4. The predicted molar refractivity (Wildman–Crippen MR) is 148 cm³/mol. The quantitative estimate of drug-likeness (QED) is 0.435. The van der Waals surface area contributed by atoms with E-state index in [0.717, 1.165) is 18.0 Å². The number of alkyl halides is 3. The Morgan fingerprint density at radius 2 is 1.87 bits per heavy atom. The zero-order chi connectivity index (χ0) is 28.0. The van der Waals surface area contributed by atoms with Crippen molar-refractivity contribution in [3.05, 3.63) is 83.6 Å². The number of benzene rings is 1. The molecule has 2 atom stereocenters. The van der Waals surface area contributed by atoms with Crippen molar-refractivity contribution in [2.24, 2.45) is 0 Å². The molecule has 39 heavy (non-hydrogen) atoms. The fraction of sp³-hybridized carbons (Fsp3) is 0.333. The van der Waals surface area contributed by atoms with E-state index in [2.05, 4.69) is 4.98 Å². The highest BCUT2D eigenvalue weighted by atomic mass is 32.2. The van der Waals surface area contributed by atoms with Gasteiger partial charge >= 0.3 is 6.18 Å². The summed E-state index contributed by atoms with van der Waals surface area (Å²) in [5, 5.41) is 11.0. The maximum Gasteiger partial charge on any atom is 0.421 e. The summed E-state index contributed by atoms with van der Waals surface area (Å²) in [6.07, 6.45) is 4.15. The molecule has 5 rings (SSSR count). The molecule has 0 spiro atoms. The molecule has 1 aliphatic carbocycles. The van der Waals surface area contributed by atoms with Gasteiger partial charge in [-0.2, -0.15) is 17.5 Å². The van der Waals surface area contributed by atoms with E-state index in [1.165, 1.54) is 34.6 Å². The lowest BCUT2D eigenvalue weighted by molar-refractivity contribution is -0.258. The van der Waals surface area contributed by atoms with Gasteiger partial charge in [0.25, 0.3) is 0 Å². The summed E-state index contributed by atoms with van der Waals surface area (Å²) in [6, 6.07) is 10.9. The number of aromatic nitrogens is 2. The number of aliphatic hydroxyl groups is 1. The van der Waals surface area contributed by atoms with Crippen LogP contribution >= 0.6 is 12.2 Å². The molecule has 0 saturated carbocycles. The first kappa shape index (κ1) is 27.5. The van der Waals surface area contributed by atoms with Crippen molar-refractivity contribution in [2.75, 3.05) is 24.5 Å². The minimum Gasteiger partial charge on any atom is -0.376 e. The SMILES string of the molecule is C[C@](O)(c1ccc(N2CCN(S(=O)(=O)C3=CC=CCC3=S)C[C@@H]2Cn2ccc3cccnc32)cc1)C(F)(F)F. The van der Waals surface area contributed by atoms with Crippen LogP contribution in [0.15, 0.2) is 78.0 Å².